The molecular formula is C13H21ClN2O3S. The number of benzene rings is 1. The van der Waals surface area contributed by atoms with E-state index in [-0.39, 0.29) is 23.1 Å². The molecule has 5 nitrogen and oxygen atoms in total. The number of anilines is 1. The summed E-state index contributed by atoms with van der Waals surface area (Å²) < 4.78 is 27.0. The van der Waals surface area contributed by atoms with Gasteiger partial charge in [-0.1, -0.05) is 25.4 Å². The zero-order valence-corrected chi connectivity index (χ0v) is 13.4. The molecule has 20 heavy (non-hydrogen) atoms. The maximum atomic E-state index is 12.3. The zero-order valence-electron chi connectivity index (χ0n) is 11.9. The van der Waals surface area contributed by atoms with Gasteiger partial charge in [-0.05, 0) is 37.0 Å². The Morgan fingerprint density at radius 3 is 2.45 bits per heavy atom. The van der Waals surface area contributed by atoms with Crippen molar-refractivity contribution in [1.82, 2.24) is 4.72 Å². The number of rotatable bonds is 6. The Kier molecular flexibility index (Phi) is 5.82. The van der Waals surface area contributed by atoms with Gasteiger partial charge in [0.15, 0.2) is 0 Å². The second kappa shape index (κ2) is 6.76. The number of aliphatic hydroxyl groups is 1. The molecule has 0 saturated heterocycles. The number of nitrogen functional groups attached to an aromatic ring is 1. The monoisotopic (exact) mass is 320 g/mol. The molecule has 0 fully saturated rings. The summed E-state index contributed by atoms with van der Waals surface area (Å²) in [6, 6.07) is 2.27. The van der Waals surface area contributed by atoms with Crippen molar-refractivity contribution in [2.45, 2.75) is 38.1 Å². The van der Waals surface area contributed by atoms with E-state index in [1.54, 1.807) is 6.92 Å². The number of aryl methyl sites for hydroxylation is 1. The lowest BCUT2D eigenvalue weighted by Gasteiger charge is -2.19. The van der Waals surface area contributed by atoms with E-state index in [2.05, 4.69) is 4.72 Å². The van der Waals surface area contributed by atoms with E-state index in [1.807, 2.05) is 13.8 Å². The molecule has 1 aromatic carbocycles. The number of nitrogens with one attached hydrogen (secondary N) is 1. The summed E-state index contributed by atoms with van der Waals surface area (Å²) in [5.74, 6) is 0.270. The first-order valence-corrected chi connectivity index (χ1v) is 8.22. The van der Waals surface area contributed by atoms with Crippen LogP contribution in [0, 0.1) is 12.8 Å². The SMILES string of the molecule is Cc1cc(S(=O)(=O)NC(CO)CC(C)C)cc(N)c1Cl. The van der Waals surface area contributed by atoms with Gasteiger partial charge in [-0.25, -0.2) is 13.1 Å². The maximum absolute atomic E-state index is 12.3. The summed E-state index contributed by atoms with van der Waals surface area (Å²) in [5, 5.41) is 9.62. The van der Waals surface area contributed by atoms with E-state index in [0.29, 0.717) is 17.0 Å². The molecule has 0 amide bonds. The van der Waals surface area contributed by atoms with E-state index in [9.17, 15) is 13.5 Å². The fourth-order valence-electron chi connectivity index (χ4n) is 1.93. The Bertz CT molecular complexity index is 550. The van der Waals surface area contributed by atoms with Gasteiger partial charge in [-0.3, -0.25) is 0 Å². The lowest BCUT2D eigenvalue weighted by molar-refractivity contribution is 0.240. The first kappa shape index (κ1) is 17.2. The van der Waals surface area contributed by atoms with Crippen molar-refractivity contribution in [2.24, 2.45) is 5.92 Å². The summed E-state index contributed by atoms with van der Waals surface area (Å²) >= 11 is 5.92. The van der Waals surface area contributed by atoms with Crippen LogP contribution in [0.15, 0.2) is 17.0 Å². The van der Waals surface area contributed by atoms with Crippen LogP contribution in [-0.2, 0) is 10.0 Å². The first-order valence-electron chi connectivity index (χ1n) is 6.36. The van der Waals surface area contributed by atoms with Crippen molar-refractivity contribution < 1.29 is 13.5 Å². The number of sulfonamides is 1. The summed E-state index contributed by atoms with van der Waals surface area (Å²) in [6.45, 7) is 5.36. The minimum atomic E-state index is -3.73. The molecule has 0 radical (unpaired) electrons. The van der Waals surface area contributed by atoms with E-state index in [1.165, 1.54) is 12.1 Å². The Morgan fingerprint density at radius 1 is 1.40 bits per heavy atom. The lowest BCUT2D eigenvalue weighted by atomic mass is 10.1. The van der Waals surface area contributed by atoms with Crippen molar-refractivity contribution in [3.63, 3.8) is 0 Å². The van der Waals surface area contributed by atoms with Crippen LogP contribution in [0.2, 0.25) is 5.02 Å². The maximum Gasteiger partial charge on any atom is 0.240 e. The fourth-order valence-corrected chi connectivity index (χ4v) is 3.40. The van der Waals surface area contributed by atoms with Gasteiger partial charge in [0, 0.05) is 6.04 Å². The molecule has 4 N–H and O–H groups in total. The van der Waals surface area contributed by atoms with E-state index >= 15 is 0 Å². The molecule has 0 aliphatic rings. The predicted molar refractivity (Wildman–Crippen MR) is 81.3 cm³/mol. The molecule has 1 rings (SSSR count). The second-order valence-corrected chi connectivity index (χ2v) is 7.37. The summed E-state index contributed by atoms with van der Waals surface area (Å²) in [5.41, 5.74) is 6.50. The van der Waals surface area contributed by atoms with E-state index in [0.717, 1.165) is 0 Å². The van der Waals surface area contributed by atoms with Gasteiger partial charge in [0.05, 0.1) is 22.2 Å². The van der Waals surface area contributed by atoms with Crippen LogP contribution in [-0.4, -0.2) is 26.2 Å². The Labute approximate surface area is 125 Å². The zero-order chi connectivity index (χ0) is 15.5. The molecule has 0 bridgehead atoms. The molecule has 0 spiro atoms. The highest BCUT2D eigenvalue weighted by molar-refractivity contribution is 7.89. The molecule has 0 saturated carbocycles. The molecule has 1 unspecified atom stereocenters. The fraction of sp³-hybridized carbons (Fsp3) is 0.538. The average molecular weight is 321 g/mol. The molecule has 1 atom stereocenters. The van der Waals surface area contributed by atoms with Gasteiger partial charge >= 0.3 is 0 Å². The third kappa shape index (κ3) is 4.34. The Hall–Kier alpha value is -0.820. The normalized spacial score (nSPS) is 13.7. The summed E-state index contributed by atoms with van der Waals surface area (Å²) in [7, 11) is -3.73. The van der Waals surface area contributed by atoms with Crippen LogP contribution in [0.5, 0.6) is 0 Å². The molecule has 114 valence electrons. The molecule has 0 aliphatic carbocycles. The Balaban J connectivity index is 3.05. The second-order valence-electron chi connectivity index (χ2n) is 5.27. The highest BCUT2D eigenvalue weighted by Crippen LogP contribution is 2.27. The minimum absolute atomic E-state index is 0.0547. The third-order valence-electron chi connectivity index (χ3n) is 2.86. The number of halogens is 1. The van der Waals surface area contributed by atoms with Crippen molar-refractivity contribution in [1.29, 1.82) is 0 Å². The topological polar surface area (TPSA) is 92.4 Å². The summed E-state index contributed by atoms with van der Waals surface area (Å²) in [4.78, 5) is 0.0547. The molecule has 7 heteroatoms. The van der Waals surface area contributed by atoms with Crippen LogP contribution in [0.1, 0.15) is 25.8 Å². The third-order valence-corrected chi connectivity index (χ3v) is 4.88. The molecule has 1 aromatic rings. The molecule has 0 aliphatic heterocycles. The average Bonchev–Trinajstić information content (AvgIpc) is 2.33. The first-order chi connectivity index (χ1) is 9.17. The number of hydrogen-bond donors (Lipinski definition) is 3. The van der Waals surface area contributed by atoms with Gasteiger partial charge in [0.1, 0.15) is 0 Å². The summed E-state index contributed by atoms with van der Waals surface area (Å²) in [6.07, 6.45) is 0.553. The van der Waals surface area contributed by atoms with Crippen LogP contribution < -0.4 is 10.5 Å². The van der Waals surface area contributed by atoms with Crippen LogP contribution >= 0.6 is 11.6 Å². The van der Waals surface area contributed by atoms with Crippen molar-refractivity contribution >= 4 is 27.3 Å². The minimum Gasteiger partial charge on any atom is -0.397 e. The van der Waals surface area contributed by atoms with Gasteiger partial charge in [-0.2, -0.15) is 0 Å². The molecule has 0 aromatic heterocycles. The van der Waals surface area contributed by atoms with E-state index in [4.69, 9.17) is 17.3 Å². The smallest absolute Gasteiger partial charge is 0.240 e. The van der Waals surface area contributed by atoms with Gasteiger partial charge in [-0.15, -0.1) is 0 Å². The quantitative estimate of drug-likeness (QED) is 0.698. The molecular weight excluding hydrogens is 300 g/mol. The van der Waals surface area contributed by atoms with E-state index < -0.39 is 16.1 Å². The van der Waals surface area contributed by atoms with Gasteiger partial charge in [0.2, 0.25) is 10.0 Å². The predicted octanol–water partition coefficient (Wildman–Crippen LogP) is 1.92. The highest BCUT2D eigenvalue weighted by Gasteiger charge is 2.21. The van der Waals surface area contributed by atoms with Crippen molar-refractivity contribution in [2.75, 3.05) is 12.3 Å². The highest BCUT2D eigenvalue weighted by atomic mass is 35.5. The van der Waals surface area contributed by atoms with Gasteiger partial charge in [0.25, 0.3) is 0 Å². The molecule has 0 heterocycles. The number of hydrogen-bond acceptors (Lipinski definition) is 4. The van der Waals surface area contributed by atoms with Crippen LogP contribution in [0.3, 0.4) is 0 Å². The lowest BCUT2D eigenvalue weighted by Crippen LogP contribution is -2.38. The Morgan fingerprint density at radius 2 is 2.00 bits per heavy atom. The van der Waals surface area contributed by atoms with Crippen molar-refractivity contribution in [3.05, 3.63) is 22.7 Å². The number of aliphatic hydroxyl groups excluding tert-OH is 1. The van der Waals surface area contributed by atoms with Crippen molar-refractivity contribution in [3.8, 4) is 0 Å². The van der Waals surface area contributed by atoms with Crippen LogP contribution in [0.25, 0.3) is 0 Å². The standard InChI is InChI=1S/C13H21ClN2O3S/c1-8(2)4-10(7-17)16-20(18,19)11-5-9(3)13(14)12(15)6-11/h5-6,8,10,16-17H,4,7,15H2,1-3H3. The van der Waals surface area contributed by atoms with Gasteiger partial charge < -0.3 is 10.8 Å². The van der Waals surface area contributed by atoms with Crippen LogP contribution in [0.4, 0.5) is 5.69 Å². The largest absolute Gasteiger partial charge is 0.397 e. The number of nitrogens with two attached hydrogens (primary N) is 1.